The van der Waals surface area contributed by atoms with Gasteiger partial charge >= 0.3 is 0 Å². The zero-order valence-electron chi connectivity index (χ0n) is 22.1. The standard InChI is InChI=1S/C27H37Cl2N3O4S/c1-6-19(3)30-27(34)20(4)31(18-22-12-15-24(28)25(29)17-22)26(33)9-8-16-32(37(5,35)36)23-13-10-21(7-2)11-14-23/h10-15,17,19-20H,6-9,16,18H2,1-5H3,(H,30,34). The van der Waals surface area contributed by atoms with E-state index >= 15 is 0 Å². The van der Waals surface area contributed by atoms with E-state index in [1.54, 1.807) is 37.3 Å². The average molecular weight is 571 g/mol. The molecule has 0 aliphatic carbocycles. The molecule has 0 saturated heterocycles. The fourth-order valence-electron chi connectivity index (χ4n) is 3.78. The molecule has 0 saturated carbocycles. The van der Waals surface area contributed by atoms with Crippen LogP contribution < -0.4 is 9.62 Å². The van der Waals surface area contributed by atoms with Crippen molar-refractivity contribution in [2.24, 2.45) is 0 Å². The van der Waals surface area contributed by atoms with Gasteiger partial charge in [0.1, 0.15) is 6.04 Å². The first-order valence-corrected chi connectivity index (χ1v) is 15.1. The van der Waals surface area contributed by atoms with Crippen LogP contribution in [0.2, 0.25) is 10.0 Å². The van der Waals surface area contributed by atoms with Crippen molar-refractivity contribution in [3.05, 3.63) is 63.6 Å². The molecule has 2 aromatic rings. The Balaban J connectivity index is 2.19. The highest BCUT2D eigenvalue weighted by atomic mass is 35.5. The van der Waals surface area contributed by atoms with Crippen LogP contribution in [0.5, 0.6) is 0 Å². The summed E-state index contributed by atoms with van der Waals surface area (Å²) in [6.07, 6.45) is 3.13. The molecule has 2 atom stereocenters. The number of nitrogens with zero attached hydrogens (tertiary/aromatic N) is 2. The van der Waals surface area contributed by atoms with Gasteiger partial charge in [-0.05, 0) is 68.5 Å². The number of aryl methyl sites for hydroxylation is 1. The van der Waals surface area contributed by atoms with Gasteiger partial charge in [-0.2, -0.15) is 0 Å². The third-order valence-electron chi connectivity index (χ3n) is 6.29. The fraction of sp³-hybridized carbons (Fsp3) is 0.481. The van der Waals surface area contributed by atoms with E-state index in [9.17, 15) is 18.0 Å². The summed E-state index contributed by atoms with van der Waals surface area (Å²) >= 11 is 12.2. The number of rotatable bonds is 13. The summed E-state index contributed by atoms with van der Waals surface area (Å²) in [6, 6.07) is 11.7. The van der Waals surface area contributed by atoms with Gasteiger partial charge in [-0.1, -0.05) is 55.2 Å². The number of amides is 2. The van der Waals surface area contributed by atoms with Crippen LogP contribution in [0.15, 0.2) is 42.5 Å². The van der Waals surface area contributed by atoms with Crippen LogP contribution in [0, 0.1) is 0 Å². The molecule has 37 heavy (non-hydrogen) atoms. The smallest absolute Gasteiger partial charge is 0.242 e. The van der Waals surface area contributed by atoms with E-state index in [2.05, 4.69) is 5.32 Å². The summed E-state index contributed by atoms with van der Waals surface area (Å²) < 4.78 is 26.3. The topological polar surface area (TPSA) is 86.8 Å². The molecule has 0 aliphatic rings. The van der Waals surface area contributed by atoms with Gasteiger partial charge in [-0.25, -0.2) is 8.42 Å². The summed E-state index contributed by atoms with van der Waals surface area (Å²) in [4.78, 5) is 27.7. The second-order valence-corrected chi connectivity index (χ2v) is 11.9. The lowest BCUT2D eigenvalue weighted by molar-refractivity contribution is -0.140. The highest BCUT2D eigenvalue weighted by Crippen LogP contribution is 2.24. The van der Waals surface area contributed by atoms with Crippen LogP contribution in [-0.4, -0.2) is 50.0 Å². The van der Waals surface area contributed by atoms with Gasteiger partial charge in [0, 0.05) is 25.6 Å². The molecule has 2 aromatic carbocycles. The molecule has 1 N–H and O–H groups in total. The first kappa shape index (κ1) is 30.9. The van der Waals surface area contributed by atoms with Crippen LogP contribution in [-0.2, 0) is 32.6 Å². The van der Waals surface area contributed by atoms with E-state index in [-0.39, 0.29) is 37.4 Å². The zero-order valence-corrected chi connectivity index (χ0v) is 24.5. The molecule has 0 radical (unpaired) electrons. The van der Waals surface area contributed by atoms with Crippen molar-refractivity contribution in [2.75, 3.05) is 17.1 Å². The van der Waals surface area contributed by atoms with Crippen molar-refractivity contribution >= 4 is 50.7 Å². The minimum Gasteiger partial charge on any atom is -0.352 e. The number of hydrogen-bond donors (Lipinski definition) is 1. The number of hydrogen-bond acceptors (Lipinski definition) is 4. The van der Waals surface area contributed by atoms with E-state index in [0.717, 1.165) is 30.2 Å². The first-order valence-electron chi connectivity index (χ1n) is 12.5. The third kappa shape index (κ3) is 9.20. The van der Waals surface area contributed by atoms with Gasteiger partial charge in [0.15, 0.2) is 0 Å². The lowest BCUT2D eigenvalue weighted by Gasteiger charge is -2.30. The predicted molar refractivity (Wildman–Crippen MR) is 152 cm³/mol. The second kappa shape index (κ2) is 14.0. The molecule has 7 nitrogen and oxygen atoms in total. The highest BCUT2D eigenvalue weighted by Gasteiger charge is 2.27. The first-order chi connectivity index (χ1) is 17.4. The number of nitrogens with one attached hydrogen (secondary N) is 1. The second-order valence-electron chi connectivity index (χ2n) is 9.22. The summed E-state index contributed by atoms with van der Waals surface area (Å²) in [7, 11) is -3.54. The maximum atomic E-state index is 13.4. The maximum absolute atomic E-state index is 13.4. The number of anilines is 1. The number of halogens is 2. The van der Waals surface area contributed by atoms with Gasteiger partial charge in [-0.15, -0.1) is 0 Å². The molecule has 0 spiro atoms. The molecule has 0 bridgehead atoms. The number of sulfonamides is 1. The quantitative estimate of drug-likeness (QED) is 0.348. The summed E-state index contributed by atoms with van der Waals surface area (Å²) in [5.41, 5.74) is 2.40. The predicted octanol–water partition coefficient (Wildman–Crippen LogP) is 5.43. The van der Waals surface area contributed by atoms with E-state index in [1.807, 2.05) is 32.9 Å². The van der Waals surface area contributed by atoms with Gasteiger partial charge in [-0.3, -0.25) is 13.9 Å². The molecule has 0 heterocycles. The van der Waals surface area contributed by atoms with Crippen molar-refractivity contribution in [2.45, 2.75) is 72.0 Å². The zero-order chi connectivity index (χ0) is 27.8. The van der Waals surface area contributed by atoms with Crippen LogP contribution in [0.4, 0.5) is 5.69 Å². The van der Waals surface area contributed by atoms with Crippen LogP contribution in [0.25, 0.3) is 0 Å². The maximum Gasteiger partial charge on any atom is 0.242 e. The summed E-state index contributed by atoms with van der Waals surface area (Å²) in [5, 5.41) is 3.69. The van der Waals surface area contributed by atoms with E-state index in [1.165, 1.54) is 9.21 Å². The van der Waals surface area contributed by atoms with Crippen LogP contribution in [0.3, 0.4) is 0 Å². The Kier molecular flexibility index (Phi) is 11.7. The van der Waals surface area contributed by atoms with Gasteiger partial charge < -0.3 is 10.2 Å². The third-order valence-corrected chi connectivity index (χ3v) is 8.22. The van der Waals surface area contributed by atoms with E-state index in [0.29, 0.717) is 22.2 Å². The SMILES string of the molecule is CCc1ccc(N(CCCC(=O)N(Cc2ccc(Cl)c(Cl)c2)C(C)C(=O)NC(C)CC)S(C)(=O)=O)cc1. The average Bonchev–Trinajstić information content (AvgIpc) is 2.85. The summed E-state index contributed by atoms with van der Waals surface area (Å²) in [6.45, 7) is 7.90. The van der Waals surface area contributed by atoms with Crippen LogP contribution in [0.1, 0.15) is 58.1 Å². The largest absolute Gasteiger partial charge is 0.352 e. The Hall–Kier alpha value is -2.29. The van der Waals surface area contributed by atoms with Crippen LogP contribution >= 0.6 is 23.2 Å². The molecule has 10 heteroatoms. The van der Waals surface area contributed by atoms with Crippen molar-refractivity contribution in [1.29, 1.82) is 0 Å². The Morgan fingerprint density at radius 1 is 0.973 bits per heavy atom. The Morgan fingerprint density at radius 3 is 2.14 bits per heavy atom. The van der Waals surface area contributed by atoms with Crippen molar-refractivity contribution in [3.8, 4) is 0 Å². The molecular weight excluding hydrogens is 533 g/mol. The minimum absolute atomic E-state index is 0.0284. The monoisotopic (exact) mass is 569 g/mol. The minimum atomic E-state index is -3.54. The molecule has 204 valence electrons. The molecule has 2 amide bonds. The number of carbonyl (C=O) groups is 2. The van der Waals surface area contributed by atoms with Gasteiger partial charge in [0.05, 0.1) is 22.0 Å². The van der Waals surface area contributed by atoms with Crippen molar-refractivity contribution in [1.82, 2.24) is 10.2 Å². The van der Waals surface area contributed by atoms with E-state index < -0.39 is 16.1 Å². The number of benzene rings is 2. The summed E-state index contributed by atoms with van der Waals surface area (Å²) in [5.74, 6) is -0.510. The Bertz CT molecular complexity index is 1170. The Morgan fingerprint density at radius 2 is 1.59 bits per heavy atom. The van der Waals surface area contributed by atoms with Gasteiger partial charge in [0.25, 0.3) is 0 Å². The molecule has 0 aromatic heterocycles. The Labute approximate surface area is 231 Å². The van der Waals surface area contributed by atoms with E-state index in [4.69, 9.17) is 23.2 Å². The molecule has 2 unspecified atom stereocenters. The normalized spacial score (nSPS) is 13.1. The van der Waals surface area contributed by atoms with Crippen molar-refractivity contribution in [3.63, 3.8) is 0 Å². The lowest BCUT2D eigenvalue weighted by atomic mass is 10.1. The van der Waals surface area contributed by atoms with Crippen molar-refractivity contribution < 1.29 is 18.0 Å². The van der Waals surface area contributed by atoms with Gasteiger partial charge in [0.2, 0.25) is 21.8 Å². The highest BCUT2D eigenvalue weighted by molar-refractivity contribution is 7.92. The molecule has 2 rings (SSSR count). The fourth-order valence-corrected chi connectivity index (χ4v) is 5.07. The molecule has 0 aliphatic heterocycles. The molecule has 0 fully saturated rings. The lowest BCUT2D eigenvalue weighted by Crippen LogP contribution is -2.49. The molecular formula is C27H37Cl2N3O4S. The number of carbonyl (C=O) groups excluding carboxylic acids is 2.